The first-order chi connectivity index (χ1) is 9.69. The molecule has 0 aromatic heterocycles. The SMILES string of the molecule is CCCP(CCC)CCC.CCCP(CCC)CCC. The smallest absolute Gasteiger partial charge is 0.0329 e. The molecule has 0 radical (unpaired) electrons. The Morgan fingerprint density at radius 1 is 0.350 bits per heavy atom. The van der Waals surface area contributed by atoms with Crippen LogP contribution >= 0.6 is 15.8 Å². The molecule has 0 unspecified atom stereocenters. The Morgan fingerprint density at radius 3 is 0.600 bits per heavy atom. The molecule has 0 fully saturated rings. The third kappa shape index (κ3) is 16.9. The van der Waals surface area contributed by atoms with E-state index in [1.54, 1.807) is 0 Å². The maximum absolute atomic E-state index is 2.31. The van der Waals surface area contributed by atoms with Crippen molar-refractivity contribution in [1.29, 1.82) is 0 Å². The third-order valence-electron chi connectivity index (χ3n) is 3.24. The predicted octanol–water partition coefficient (Wildman–Crippen LogP) is 7.40. The second-order valence-electron chi connectivity index (χ2n) is 5.68. The van der Waals surface area contributed by atoms with Crippen molar-refractivity contribution >= 4 is 15.8 Å². The fourth-order valence-corrected chi connectivity index (χ4v) is 7.70. The molecule has 0 nitrogen and oxygen atoms in total. The van der Waals surface area contributed by atoms with Gasteiger partial charge in [0.05, 0.1) is 0 Å². The van der Waals surface area contributed by atoms with E-state index in [0.29, 0.717) is 15.8 Å². The topological polar surface area (TPSA) is 0 Å². The van der Waals surface area contributed by atoms with Gasteiger partial charge in [0, 0.05) is 0 Å². The van der Waals surface area contributed by atoms with Crippen LogP contribution in [0, 0.1) is 0 Å². The van der Waals surface area contributed by atoms with Crippen molar-refractivity contribution in [2.24, 2.45) is 0 Å². The summed E-state index contributed by atoms with van der Waals surface area (Å²) in [6.07, 6.45) is 17.4. The normalized spacial score (nSPS) is 10.8. The third-order valence-corrected chi connectivity index (χ3v) is 9.72. The monoisotopic (exact) mass is 320 g/mol. The second kappa shape index (κ2) is 19.9. The first kappa shape index (κ1) is 23.1. The van der Waals surface area contributed by atoms with Crippen LogP contribution in [0.3, 0.4) is 0 Å². The standard InChI is InChI=1S/2C9H21P/c2*1-4-7-10(8-5-2)9-6-3/h2*4-9H2,1-3H3. The number of hydrogen-bond donors (Lipinski definition) is 0. The highest BCUT2D eigenvalue weighted by Gasteiger charge is 2.03. The number of hydrogen-bond acceptors (Lipinski definition) is 0. The summed E-state index contributed by atoms with van der Waals surface area (Å²) in [6, 6.07) is 0. The van der Waals surface area contributed by atoms with Gasteiger partial charge in [-0.15, -0.1) is 15.8 Å². The molecular formula is C18H42P2. The fourth-order valence-electron chi connectivity index (χ4n) is 2.57. The maximum atomic E-state index is 2.31. The van der Waals surface area contributed by atoms with Crippen LogP contribution in [0.15, 0.2) is 0 Å². The van der Waals surface area contributed by atoms with Gasteiger partial charge in [0.15, 0.2) is 0 Å². The summed E-state index contributed by atoms with van der Waals surface area (Å²) in [6.45, 7) is 13.8. The summed E-state index contributed by atoms with van der Waals surface area (Å²) in [7, 11) is 0.878. The molecular weight excluding hydrogens is 278 g/mol. The Bertz CT molecular complexity index is 113. The quantitative estimate of drug-likeness (QED) is 0.329. The van der Waals surface area contributed by atoms with Crippen LogP contribution in [0.25, 0.3) is 0 Å². The molecule has 0 saturated heterocycles. The Hall–Kier alpha value is 0.860. The van der Waals surface area contributed by atoms with Gasteiger partial charge in [0.2, 0.25) is 0 Å². The van der Waals surface area contributed by atoms with Gasteiger partial charge in [0.25, 0.3) is 0 Å². The molecule has 0 rings (SSSR count). The lowest BCUT2D eigenvalue weighted by atomic mass is 10.6. The molecule has 0 atom stereocenters. The minimum atomic E-state index is 0.439. The average Bonchev–Trinajstić information content (AvgIpc) is 2.41. The van der Waals surface area contributed by atoms with Crippen LogP contribution in [0.2, 0.25) is 0 Å². The highest BCUT2D eigenvalue weighted by atomic mass is 31.1. The van der Waals surface area contributed by atoms with Crippen molar-refractivity contribution in [3.05, 3.63) is 0 Å². The largest absolute Gasteiger partial charge is 0.107 e. The van der Waals surface area contributed by atoms with E-state index < -0.39 is 0 Å². The van der Waals surface area contributed by atoms with Gasteiger partial charge in [-0.3, -0.25) is 0 Å². The molecule has 0 amide bonds. The van der Waals surface area contributed by atoms with E-state index in [9.17, 15) is 0 Å². The van der Waals surface area contributed by atoms with E-state index in [1.165, 1.54) is 75.5 Å². The molecule has 0 spiro atoms. The van der Waals surface area contributed by atoms with Crippen LogP contribution in [-0.4, -0.2) is 37.0 Å². The minimum absolute atomic E-state index is 0.439. The molecule has 2 heteroatoms. The van der Waals surface area contributed by atoms with E-state index in [-0.39, 0.29) is 0 Å². The van der Waals surface area contributed by atoms with Gasteiger partial charge >= 0.3 is 0 Å². The average molecular weight is 320 g/mol. The summed E-state index contributed by atoms with van der Waals surface area (Å²) in [5.74, 6) is 0. The zero-order valence-corrected chi connectivity index (χ0v) is 17.2. The van der Waals surface area contributed by atoms with Gasteiger partial charge in [0.1, 0.15) is 0 Å². The van der Waals surface area contributed by atoms with Crippen molar-refractivity contribution in [2.45, 2.75) is 80.1 Å². The summed E-state index contributed by atoms with van der Waals surface area (Å²) in [5.41, 5.74) is 0. The van der Waals surface area contributed by atoms with Gasteiger partial charge in [-0.05, 0) is 37.0 Å². The molecule has 0 aromatic rings. The van der Waals surface area contributed by atoms with Crippen molar-refractivity contribution in [1.82, 2.24) is 0 Å². The Kier molecular flexibility index (Phi) is 23.0. The van der Waals surface area contributed by atoms with Gasteiger partial charge < -0.3 is 0 Å². The van der Waals surface area contributed by atoms with Crippen LogP contribution in [-0.2, 0) is 0 Å². The van der Waals surface area contributed by atoms with E-state index in [1.807, 2.05) is 0 Å². The second-order valence-corrected chi connectivity index (χ2v) is 11.0. The van der Waals surface area contributed by atoms with E-state index in [0.717, 1.165) is 0 Å². The van der Waals surface area contributed by atoms with Crippen molar-refractivity contribution in [3.8, 4) is 0 Å². The molecule has 20 heavy (non-hydrogen) atoms. The zero-order chi connectivity index (χ0) is 15.6. The number of rotatable bonds is 12. The van der Waals surface area contributed by atoms with Crippen molar-refractivity contribution < 1.29 is 0 Å². The lowest BCUT2D eigenvalue weighted by molar-refractivity contribution is 1.02. The van der Waals surface area contributed by atoms with Crippen LogP contribution in [0.5, 0.6) is 0 Å². The summed E-state index contributed by atoms with van der Waals surface area (Å²) < 4.78 is 0. The molecule has 0 aromatic carbocycles. The summed E-state index contributed by atoms with van der Waals surface area (Å²) in [5, 5.41) is 0. The first-order valence-corrected chi connectivity index (χ1v) is 12.9. The van der Waals surface area contributed by atoms with Crippen LogP contribution < -0.4 is 0 Å². The van der Waals surface area contributed by atoms with Crippen LogP contribution in [0.4, 0.5) is 0 Å². The van der Waals surface area contributed by atoms with Gasteiger partial charge in [-0.2, -0.15) is 0 Å². The molecule has 0 aliphatic rings. The molecule has 0 aliphatic carbocycles. The Labute approximate surface area is 133 Å². The van der Waals surface area contributed by atoms with Gasteiger partial charge in [-0.1, -0.05) is 80.1 Å². The predicted molar refractivity (Wildman–Crippen MR) is 105 cm³/mol. The molecule has 0 saturated carbocycles. The Morgan fingerprint density at radius 2 is 0.500 bits per heavy atom. The van der Waals surface area contributed by atoms with E-state index in [4.69, 9.17) is 0 Å². The van der Waals surface area contributed by atoms with E-state index in [2.05, 4.69) is 41.5 Å². The minimum Gasteiger partial charge on any atom is -0.107 e. The Balaban J connectivity index is 0. The fraction of sp³-hybridized carbons (Fsp3) is 1.00. The molecule has 0 heterocycles. The molecule has 0 aliphatic heterocycles. The molecule has 0 bridgehead atoms. The van der Waals surface area contributed by atoms with Crippen LogP contribution in [0.1, 0.15) is 80.1 Å². The summed E-state index contributed by atoms with van der Waals surface area (Å²) >= 11 is 0. The van der Waals surface area contributed by atoms with Gasteiger partial charge in [-0.25, -0.2) is 0 Å². The van der Waals surface area contributed by atoms with Crippen molar-refractivity contribution in [2.75, 3.05) is 37.0 Å². The lowest BCUT2D eigenvalue weighted by Gasteiger charge is -2.13. The zero-order valence-electron chi connectivity index (χ0n) is 15.4. The first-order valence-electron chi connectivity index (χ1n) is 9.14. The summed E-state index contributed by atoms with van der Waals surface area (Å²) in [4.78, 5) is 0. The highest BCUT2D eigenvalue weighted by Crippen LogP contribution is 2.37. The lowest BCUT2D eigenvalue weighted by Crippen LogP contribution is -1.92. The maximum Gasteiger partial charge on any atom is -0.0329 e. The van der Waals surface area contributed by atoms with E-state index >= 15 is 0 Å². The molecule has 0 N–H and O–H groups in total. The van der Waals surface area contributed by atoms with Crippen molar-refractivity contribution in [3.63, 3.8) is 0 Å². The molecule has 124 valence electrons. The highest BCUT2D eigenvalue weighted by molar-refractivity contribution is 7.57.